The summed E-state index contributed by atoms with van der Waals surface area (Å²) >= 11 is 0. The number of carbonyl (C=O) groups is 1. The number of piperidine rings is 1. The predicted octanol–water partition coefficient (Wildman–Crippen LogP) is 0.561. The second kappa shape index (κ2) is 5.50. The minimum Gasteiger partial charge on any atom is -0.355 e. The number of rotatable bonds is 4. The van der Waals surface area contributed by atoms with E-state index in [0.29, 0.717) is 5.92 Å². The van der Waals surface area contributed by atoms with Crippen molar-refractivity contribution in [3.05, 3.63) is 18.5 Å². The molecule has 0 unspecified atom stereocenters. The van der Waals surface area contributed by atoms with Gasteiger partial charge in [0.05, 0.1) is 11.5 Å². The molecule has 1 aliphatic carbocycles. The average Bonchev–Trinajstić information content (AvgIpc) is 3.29. The monoisotopic (exact) mass is 301 g/mol. The summed E-state index contributed by atoms with van der Waals surface area (Å²) in [6, 6.07) is 1.98. The van der Waals surface area contributed by atoms with Crippen molar-refractivity contribution < 1.29 is 4.79 Å². The highest BCUT2D eigenvalue weighted by atomic mass is 16.2. The molecule has 1 aromatic heterocycles. The van der Waals surface area contributed by atoms with Crippen molar-refractivity contribution in [1.82, 2.24) is 20.6 Å². The molecule has 118 valence electrons. The van der Waals surface area contributed by atoms with Crippen molar-refractivity contribution in [3.8, 4) is 0 Å². The quantitative estimate of drug-likeness (QED) is 0.850. The number of hydrogen-bond acceptors (Lipinski definition) is 5. The molecule has 6 nitrogen and oxygen atoms in total. The average molecular weight is 301 g/mol. The summed E-state index contributed by atoms with van der Waals surface area (Å²) in [5.74, 6) is 1.68. The van der Waals surface area contributed by atoms with E-state index in [1.807, 2.05) is 6.07 Å². The molecule has 0 aromatic carbocycles. The number of fused-ring (bicyclic) bond motifs is 1. The maximum Gasteiger partial charge on any atom is 0.229 e. The predicted molar refractivity (Wildman–Crippen MR) is 83.4 cm³/mol. The second-order valence-corrected chi connectivity index (χ2v) is 6.80. The van der Waals surface area contributed by atoms with Crippen LogP contribution in [0, 0.1) is 11.3 Å². The molecule has 2 N–H and O–H groups in total. The normalized spacial score (nSPS) is 30.9. The van der Waals surface area contributed by atoms with E-state index in [2.05, 4.69) is 25.5 Å². The van der Waals surface area contributed by atoms with Gasteiger partial charge in [-0.1, -0.05) is 0 Å². The molecule has 6 heteroatoms. The number of anilines is 1. The van der Waals surface area contributed by atoms with E-state index in [-0.39, 0.29) is 17.4 Å². The summed E-state index contributed by atoms with van der Waals surface area (Å²) in [4.78, 5) is 23.9. The molecule has 0 spiro atoms. The summed E-state index contributed by atoms with van der Waals surface area (Å²) in [6.45, 7) is 3.36. The highest BCUT2D eigenvalue weighted by molar-refractivity contribution is 5.85. The first-order valence-corrected chi connectivity index (χ1v) is 8.32. The largest absolute Gasteiger partial charge is 0.355 e. The number of aromatic nitrogens is 2. The zero-order valence-corrected chi connectivity index (χ0v) is 12.8. The molecule has 1 amide bonds. The summed E-state index contributed by atoms with van der Waals surface area (Å²) in [6.07, 6.45) is 8.03. The number of amides is 1. The molecular weight excluding hydrogens is 278 g/mol. The van der Waals surface area contributed by atoms with Gasteiger partial charge >= 0.3 is 0 Å². The van der Waals surface area contributed by atoms with Crippen molar-refractivity contribution in [3.63, 3.8) is 0 Å². The van der Waals surface area contributed by atoms with E-state index in [9.17, 15) is 4.79 Å². The second-order valence-electron chi connectivity index (χ2n) is 6.80. The minimum atomic E-state index is -0.327. The Labute approximate surface area is 130 Å². The Morgan fingerprint density at radius 2 is 2.23 bits per heavy atom. The van der Waals surface area contributed by atoms with Gasteiger partial charge in [-0.2, -0.15) is 0 Å². The number of nitrogens with one attached hydrogen (secondary N) is 2. The third kappa shape index (κ3) is 2.35. The lowest BCUT2D eigenvalue weighted by Crippen LogP contribution is -2.59. The Morgan fingerprint density at radius 1 is 1.41 bits per heavy atom. The van der Waals surface area contributed by atoms with E-state index >= 15 is 0 Å². The smallest absolute Gasteiger partial charge is 0.229 e. The molecule has 2 aliphatic heterocycles. The van der Waals surface area contributed by atoms with Gasteiger partial charge in [-0.15, -0.1) is 0 Å². The van der Waals surface area contributed by atoms with E-state index in [1.165, 1.54) is 12.8 Å². The van der Waals surface area contributed by atoms with Crippen molar-refractivity contribution in [2.75, 3.05) is 31.1 Å². The molecule has 0 bridgehead atoms. The van der Waals surface area contributed by atoms with E-state index in [4.69, 9.17) is 0 Å². The Bertz CT molecular complexity index is 547. The SMILES string of the molecule is O=C(NCC1CC1)[C@]12CCCN(c3ncccn3)[C@H]1CNC2. The third-order valence-corrected chi connectivity index (χ3v) is 5.32. The van der Waals surface area contributed by atoms with E-state index in [1.54, 1.807) is 12.4 Å². The molecule has 1 aromatic rings. The fourth-order valence-electron chi connectivity index (χ4n) is 3.89. The molecule has 2 atom stereocenters. The van der Waals surface area contributed by atoms with Crippen LogP contribution in [0.25, 0.3) is 0 Å². The van der Waals surface area contributed by atoms with Crippen LogP contribution < -0.4 is 15.5 Å². The molecule has 3 fully saturated rings. The van der Waals surface area contributed by atoms with Crippen molar-refractivity contribution >= 4 is 11.9 Å². The highest BCUT2D eigenvalue weighted by Gasteiger charge is 2.53. The Kier molecular flexibility index (Phi) is 3.48. The molecular formula is C16H23N5O. The first-order valence-electron chi connectivity index (χ1n) is 8.32. The Balaban J connectivity index is 1.56. The van der Waals surface area contributed by atoms with Crippen molar-refractivity contribution in [2.24, 2.45) is 11.3 Å². The standard InChI is InChI=1S/C16H23N5O/c22-14(20-9-12-3-4-12)16-5-1-8-21(13(16)10-17-11-16)15-18-6-2-7-19-15/h2,6-7,12-13,17H,1,3-5,8-11H2,(H,20,22)/t13-,16-/m0/s1. The van der Waals surface area contributed by atoms with Crippen LogP contribution in [0.3, 0.4) is 0 Å². The molecule has 3 heterocycles. The van der Waals surface area contributed by atoms with Gasteiger partial charge in [0, 0.05) is 38.6 Å². The highest BCUT2D eigenvalue weighted by Crippen LogP contribution is 2.40. The number of hydrogen-bond donors (Lipinski definition) is 2. The van der Waals surface area contributed by atoms with Gasteiger partial charge in [0.2, 0.25) is 11.9 Å². The third-order valence-electron chi connectivity index (χ3n) is 5.32. The first kappa shape index (κ1) is 13.9. The summed E-state index contributed by atoms with van der Waals surface area (Å²) in [7, 11) is 0. The van der Waals surface area contributed by atoms with Gasteiger partial charge in [0.1, 0.15) is 0 Å². The van der Waals surface area contributed by atoms with Gasteiger partial charge in [-0.05, 0) is 37.7 Å². The van der Waals surface area contributed by atoms with Gasteiger partial charge in [-0.25, -0.2) is 9.97 Å². The summed E-state index contributed by atoms with van der Waals surface area (Å²) < 4.78 is 0. The molecule has 1 saturated carbocycles. The van der Waals surface area contributed by atoms with Crippen LogP contribution in [-0.2, 0) is 4.79 Å². The molecule has 22 heavy (non-hydrogen) atoms. The Morgan fingerprint density at radius 3 is 3.00 bits per heavy atom. The Hall–Kier alpha value is -1.69. The maximum atomic E-state index is 12.9. The lowest BCUT2D eigenvalue weighted by Gasteiger charge is -2.44. The van der Waals surface area contributed by atoms with Crippen LogP contribution in [-0.4, -0.2) is 48.1 Å². The maximum absolute atomic E-state index is 12.9. The molecule has 3 aliphatic rings. The fraction of sp³-hybridized carbons (Fsp3) is 0.688. The number of carbonyl (C=O) groups excluding carboxylic acids is 1. The summed E-state index contributed by atoms with van der Waals surface area (Å²) in [5.41, 5.74) is -0.327. The van der Waals surface area contributed by atoms with Crippen molar-refractivity contribution in [1.29, 1.82) is 0 Å². The number of nitrogens with zero attached hydrogens (tertiary/aromatic N) is 3. The van der Waals surface area contributed by atoms with Crippen LogP contribution >= 0.6 is 0 Å². The lowest BCUT2D eigenvalue weighted by molar-refractivity contribution is -0.131. The molecule has 4 rings (SSSR count). The fourth-order valence-corrected chi connectivity index (χ4v) is 3.89. The van der Waals surface area contributed by atoms with Gasteiger partial charge in [0.25, 0.3) is 0 Å². The minimum absolute atomic E-state index is 0.155. The van der Waals surface area contributed by atoms with E-state index in [0.717, 1.165) is 45.0 Å². The lowest BCUT2D eigenvalue weighted by atomic mass is 9.74. The van der Waals surface area contributed by atoms with Gasteiger partial charge in [-0.3, -0.25) is 4.79 Å². The van der Waals surface area contributed by atoms with Crippen molar-refractivity contribution in [2.45, 2.75) is 31.7 Å². The van der Waals surface area contributed by atoms with Crippen LogP contribution in [0.15, 0.2) is 18.5 Å². The zero-order chi connectivity index (χ0) is 15.0. The van der Waals surface area contributed by atoms with E-state index < -0.39 is 0 Å². The summed E-state index contributed by atoms with van der Waals surface area (Å²) in [5, 5.41) is 6.63. The van der Waals surface area contributed by atoms with Crippen LogP contribution in [0.2, 0.25) is 0 Å². The zero-order valence-electron chi connectivity index (χ0n) is 12.8. The van der Waals surface area contributed by atoms with Crippen LogP contribution in [0.1, 0.15) is 25.7 Å². The van der Waals surface area contributed by atoms with Gasteiger partial charge < -0.3 is 15.5 Å². The van der Waals surface area contributed by atoms with Gasteiger partial charge in [0.15, 0.2) is 0 Å². The molecule has 0 radical (unpaired) electrons. The first-order chi connectivity index (χ1) is 10.8. The topological polar surface area (TPSA) is 70.2 Å². The van der Waals surface area contributed by atoms with Crippen LogP contribution in [0.5, 0.6) is 0 Å². The molecule has 2 saturated heterocycles. The van der Waals surface area contributed by atoms with Crippen LogP contribution in [0.4, 0.5) is 5.95 Å².